The summed E-state index contributed by atoms with van der Waals surface area (Å²) in [6, 6.07) is -0.801. The number of hydrogen-bond donors (Lipinski definition) is 6. The Morgan fingerprint density at radius 1 is 0.478 bits per heavy atom. The molecule has 6 N–H and O–H groups in total. The topological polar surface area (TPSA) is 149 Å². The lowest BCUT2D eigenvalue weighted by molar-refractivity contribution is -0.302. The first kappa shape index (κ1) is 65.7. The maximum Gasteiger partial charge on any atom is 0.220 e. The number of carbonyl (C=O) groups is 1. The van der Waals surface area contributed by atoms with Crippen LogP contribution in [0.1, 0.15) is 296 Å². The fourth-order valence-electron chi connectivity index (χ4n) is 9.74. The van der Waals surface area contributed by atoms with E-state index in [0.717, 1.165) is 38.5 Å². The van der Waals surface area contributed by atoms with Crippen molar-refractivity contribution in [3.05, 3.63) is 24.3 Å². The minimum Gasteiger partial charge on any atom is -0.394 e. The fraction of sp³-hybridized carbons (Fsp3) is 0.917. The Morgan fingerprint density at radius 3 is 1.17 bits per heavy atom. The van der Waals surface area contributed by atoms with Crippen LogP contribution in [0.3, 0.4) is 0 Å². The van der Waals surface area contributed by atoms with Gasteiger partial charge in [-0.05, 0) is 44.9 Å². The molecule has 1 rings (SSSR count). The molecule has 0 bridgehead atoms. The van der Waals surface area contributed by atoms with Gasteiger partial charge in [-0.15, -0.1) is 0 Å². The number of hydrogen-bond acceptors (Lipinski definition) is 8. The van der Waals surface area contributed by atoms with E-state index in [9.17, 15) is 30.3 Å². The maximum atomic E-state index is 13.0. The van der Waals surface area contributed by atoms with Crippen LogP contribution in [0, 0.1) is 0 Å². The minimum absolute atomic E-state index is 0.172. The summed E-state index contributed by atoms with van der Waals surface area (Å²) in [6.07, 6.45) is 57.0. The molecule has 1 aliphatic heterocycles. The van der Waals surface area contributed by atoms with Crippen LogP contribution >= 0.6 is 0 Å². The van der Waals surface area contributed by atoms with Crippen molar-refractivity contribution in [2.45, 2.75) is 339 Å². The van der Waals surface area contributed by atoms with Gasteiger partial charge in [0.15, 0.2) is 6.29 Å². The van der Waals surface area contributed by atoms with E-state index in [1.807, 2.05) is 6.08 Å². The molecule has 0 radical (unpaired) electrons. The molecule has 0 spiro atoms. The molecule has 9 nitrogen and oxygen atoms in total. The standard InChI is InChI=1S/C60H115NO8/c1-3-5-7-9-11-13-15-17-18-19-20-21-22-23-24-25-26-27-28-29-30-31-32-33-34-35-36-38-40-42-44-46-48-50-56(64)61-53(52-68-60-59(67)58(66)57(65)55(51-62)69-60)54(63)49-47-45-43-41-39-37-16-14-12-10-8-6-4-2/h19-20,47,49,53-55,57-60,62-63,65-67H,3-18,21-46,48,50-52H2,1-2H3,(H,61,64)/b20-19-,49-47+. The van der Waals surface area contributed by atoms with E-state index in [1.165, 1.54) is 238 Å². The van der Waals surface area contributed by atoms with Crippen molar-refractivity contribution < 1.29 is 39.8 Å². The van der Waals surface area contributed by atoms with E-state index >= 15 is 0 Å². The van der Waals surface area contributed by atoms with Crippen molar-refractivity contribution >= 4 is 5.91 Å². The van der Waals surface area contributed by atoms with E-state index in [1.54, 1.807) is 6.08 Å². The van der Waals surface area contributed by atoms with Crippen LogP contribution in [-0.4, -0.2) is 87.5 Å². The van der Waals surface area contributed by atoms with Crippen molar-refractivity contribution in [2.75, 3.05) is 13.2 Å². The molecular formula is C60H115NO8. The van der Waals surface area contributed by atoms with Gasteiger partial charge in [0.1, 0.15) is 24.4 Å². The van der Waals surface area contributed by atoms with Crippen molar-refractivity contribution in [1.29, 1.82) is 0 Å². The van der Waals surface area contributed by atoms with Crippen molar-refractivity contribution in [3.63, 3.8) is 0 Å². The molecule has 1 aliphatic rings. The molecule has 408 valence electrons. The van der Waals surface area contributed by atoms with Crippen molar-refractivity contribution in [3.8, 4) is 0 Å². The largest absolute Gasteiger partial charge is 0.394 e. The predicted octanol–water partition coefficient (Wildman–Crippen LogP) is 15.0. The first-order chi connectivity index (χ1) is 33.8. The molecule has 7 unspecified atom stereocenters. The van der Waals surface area contributed by atoms with Crippen molar-refractivity contribution in [2.24, 2.45) is 0 Å². The number of aliphatic hydroxyl groups excluding tert-OH is 5. The second kappa shape index (κ2) is 50.2. The van der Waals surface area contributed by atoms with Gasteiger partial charge in [0, 0.05) is 6.42 Å². The summed E-state index contributed by atoms with van der Waals surface area (Å²) in [5.41, 5.74) is 0. The molecule has 1 saturated heterocycles. The smallest absolute Gasteiger partial charge is 0.220 e. The Morgan fingerprint density at radius 2 is 0.812 bits per heavy atom. The zero-order valence-corrected chi connectivity index (χ0v) is 45.3. The highest BCUT2D eigenvalue weighted by molar-refractivity contribution is 5.76. The molecule has 0 saturated carbocycles. The van der Waals surface area contributed by atoms with Gasteiger partial charge in [-0.2, -0.15) is 0 Å². The highest BCUT2D eigenvalue weighted by atomic mass is 16.7. The zero-order valence-electron chi connectivity index (χ0n) is 45.3. The molecule has 69 heavy (non-hydrogen) atoms. The number of carbonyl (C=O) groups excluding carboxylic acids is 1. The summed E-state index contributed by atoms with van der Waals surface area (Å²) < 4.78 is 11.3. The van der Waals surface area contributed by atoms with Gasteiger partial charge in [-0.3, -0.25) is 4.79 Å². The Kier molecular flexibility index (Phi) is 47.8. The van der Waals surface area contributed by atoms with Crippen LogP contribution in [0.5, 0.6) is 0 Å². The van der Waals surface area contributed by atoms with E-state index in [2.05, 4.69) is 31.3 Å². The Balaban J connectivity index is 2.09. The zero-order chi connectivity index (χ0) is 50.1. The lowest BCUT2D eigenvalue weighted by atomic mass is 9.99. The molecule has 1 heterocycles. The average Bonchev–Trinajstić information content (AvgIpc) is 3.35. The van der Waals surface area contributed by atoms with Gasteiger partial charge < -0.3 is 40.3 Å². The lowest BCUT2D eigenvalue weighted by Gasteiger charge is -2.40. The van der Waals surface area contributed by atoms with Crippen LogP contribution in [0.2, 0.25) is 0 Å². The molecule has 1 fully saturated rings. The number of amides is 1. The quantitative estimate of drug-likeness (QED) is 0.0261. The monoisotopic (exact) mass is 978 g/mol. The highest BCUT2D eigenvalue weighted by Crippen LogP contribution is 2.23. The Bertz CT molecular complexity index is 1130. The molecule has 0 aliphatic carbocycles. The molecule has 1 amide bonds. The number of unbranched alkanes of at least 4 members (excludes halogenated alkanes) is 40. The van der Waals surface area contributed by atoms with Gasteiger partial charge in [0.05, 0.1) is 25.4 Å². The van der Waals surface area contributed by atoms with Gasteiger partial charge >= 0.3 is 0 Å². The SMILES string of the molecule is CCCCCCCCCC/C=C\CCCCCCCCCCCCCCCCCCCCCCCC(=O)NC(COC1OC(CO)C(O)C(O)C1O)C(O)/C=C/CCCCCCCCCCCCC. The van der Waals surface area contributed by atoms with E-state index in [-0.39, 0.29) is 12.5 Å². The number of aliphatic hydroxyl groups is 5. The van der Waals surface area contributed by atoms with E-state index in [0.29, 0.717) is 6.42 Å². The van der Waals surface area contributed by atoms with Gasteiger partial charge in [-0.25, -0.2) is 0 Å². The first-order valence-corrected chi connectivity index (χ1v) is 30.1. The molecule has 7 atom stereocenters. The molecule has 9 heteroatoms. The summed E-state index contributed by atoms with van der Waals surface area (Å²) >= 11 is 0. The van der Waals surface area contributed by atoms with Gasteiger partial charge in [-0.1, -0.05) is 269 Å². The third kappa shape index (κ3) is 39.8. The maximum absolute atomic E-state index is 13.0. The molecule has 0 aromatic carbocycles. The molecule has 0 aromatic rings. The third-order valence-corrected chi connectivity index (χ3v) is 14.5. The van der Waals surface area contributed by atoms with Crippen LogP contribution in [0.15, 0.2) is 24.3 Å². The molecular weight excluding hydrogens is 863 g/mol. The second-order valence-electron chi connectivity index (χ2n) is 21.1. The van der Waals surface area contributed by atoms with Crippen LogP contribution in [0.25, 0.3) is 0 Å². The Labute approximate surface area is 426 Å². The van der Waals surface area contributed by atoms with E-state index in [4.69, 9.17) is 9.47 Å². The number of nitrogens with one attached hydrogen (secondary N) is 1. The Hall–Kier alpha value is -1.33. The number of ether oxygens (including phenoxy) is 2. The summed E-state index contributed by atoms with van der Waals surface area (Å²) in [7, 11) is 0. The van der Waals surface area contributed by atoms with Gasteiger partial charge in [0.25, 0.3) is 0 Å². The van der Waals surface area contributed by atoms with Crippen LogP contribution < -0.4 is 5.32 Å². The van der Waals surface area contributed by atoms with Crippen molar-refractivity contribution in [1.82, 2.24) is 5.32 Å². The normalized spacial score (nSPS) is 19.6. The first-order valence-electron chi connectivity index (χ1n) is 30.1. The minimum atomic E-state index is -1.56. The lowest BCUT2D eigenvalue weighted by Crippen LogP contribution is -2.60. The highest BCUT2D eigenvalue weighted by Gasteiger charge is 2.44. The fourth-order valence-corrected chi connectivity index (χ4v) is 9.74. The average molecular weight is 979 g/mol. The summed E-state index contributed by atoms with van der Waals surface area (Å²) in [5.74, 6) is -0.172. The summed E-state index contributed by atoms with van der Waals surface area (Å²) in [5, 5.41) is 54.4. The third-order valence-electron chi connectivity index (χ3n) is 14.5. The summed E-state index contributed by atoms with van der Waals surface area (Å²) in [4.78, 5) is 13.0. The number of allylic oxidation sites excluding steroid dienone is 3. The van der Waals surface area contributed by atoms with E-state index < -0.39 is 49.5 Å². The second-order valence-corrected chi connectivity index (χ2v) is 21.1. The molecule has 0 aromatic heterocycles. The number of rotatable bonds is 52. The summed E-state index contributed by atoms with van der Waals surface area (Å²) in [6.45, 7) is 3.80. The van der Waals surface area contributed by atoms with Crippen LogP contribution in [-0.2, 0) is 14.3 Å². The predicted molar refractivity (Wildman–Crippen MR) is 290 cm³/mol. The van der Waals surface area contributed by atoms with Crippen LogP contribution in [0.4, 0.5) is 0 Å². The van der Waals surface area contributed by atoms with Gasteiger partial charge in [0.2, 0.25) is 5.91 Å².